The van der Waals surface area contributed by atoms with Crippen LogP contribution in [0.4, 0.5) is 0 Å². The summed E-state index contributed by atoms with van der Waals surface area (Å²) in [5.74, 6) is -3.27. The van der Waals surface area contributed by atoms with Gasteiger partial charge in [-0.25, -0.2) is 4.79 Å². The lowest BCUT2D eigenvalue weighted by molar-refractivity contribution is -0.143. The van der Waals surface area contributed by atoms with Gasteiger partial charge in [0.1, 0.15) is 18.1 Å². The molecule has 1 rings (SSSR count). The molecular weight excluding hydrogens is 402 g/mol. The van der Waals surface area contributed by atoms with Crippen LogP contribution in [-0.2, 0) is 24.0 Å². The number of thioether (sulfide) groups is 1. The maximum Gasteiger partial charge on any atom is 0.326 e. The quantitative estimate of drug-likeness (QED) is 0.204. The number of carboxylic acid groups (broad SMARTS) is 1. The van der Waals surface area contributed by atoms with Crippen molar-refractivity contribution in [3.8, 4) is 0 Å². The summed E-state index contributed by atoms with van der Waals surface area (Å²) in [6.45, 7) is 2.12. The molecule has 1 aliphatic rings. The summed E-state index contributed by atoms with van der Waals surface area (Å²) in [4.78, 5) is 59.2. The number of hydrogen-bond acceptors (Lipinski definition) is 7. The number of nitrogens with two attached hydrogens (primary N) is 1. The van der Waals surface area contributed by atoms with E-state index in [4.69, 9.17) is 10.8 Å². The zero-order valence-electron chi connectivity index (χ0n) is 16.5. The molecule has 164 valence electrons. The predicted octanol–water partition coefficient (Wildman–Crippen LogP) is -2.07. The lowest BCUT2D eigenvalue weighted by Gasteiger charge is -2.23. The predicted molar refractivity (Wildman–Crippen MR) is 107 cm³/mol. The number of primary amides is 1. The van der Waals surface area contributed by atoms with Crippen molar-refractivity contribution in [2.45, 2.75) is 56.8 Å². The fourth-order valence-corrected chi connectivity index (χ4v) is 3.23. The van der Waals surface area contributed by atoms with E-state index in [1.807, 2.05) is 6.26 Å². The number of carbonyl (C=O) groups excluding carboxylic acids is 4. The van der Waals surface area contributed by atoms with Crippen molar-refractivity contribution in [1.82, 2.24) is 21.3 Å². The van der Waals surface area contributed by atoms with Crippen molar-refractivity contribution >= 4 is 41.4 Å². The lowest BCUT2D eigenvalue weighted by Crippen LogP contribution is -2.56. The Kier molecular flexibility index (Phi) is 10.5. The highest BCUT2D eigenvalue weighted by Gasteiger charge is 2.30. The number of rotatable bonds is 12. The van der Waals surface area contributed by atoms with Gasteiger partial charge in [-0.15, -0.1) is 0 Å². The molecule has 0 aromatic rings. The van der Waals surface area contributed by atoms with Crippen LogP contribution in [0.15, 0.2) is 0 Å². The van der Waals surface area contributed by atoms with E-state index in [9.17, 15) is 24.0 Å². The van der Waals surface area contributed by atoms with E-state index in [1.165, 1.54) is 18.7 Å². The first-order valence-electron chi connectivity index (χ1n) is 9.30. The number of carboxylic acids is 1. The first kappa shape index (κ1) is 24.7. The van der Waals surface area contributed by atoms with Crippen molar-refractivity contribution in [1.29, 1.82) is 0 Å². The van der Waals surface area contributed by atoms with Gasteiger partial charge in [-0.3, -0.25) is 19.2 Å². The van der Waals surface area contributed by atoms with Gasteiger partial charge >= 0.3 is 5.97 Å². The molecule has 0 aromatic heterocycles. The molecule has 1 saturated heterocycles. The molecule has 4 amide bonds. The second kappa shape index (κ2) is 12.3. The molecular formula is C17H29N5O6S. The first-order valence-corrected chi connectivity index (χ1v) is 10.7. The molecule has 1 fully saturated rings. The Bertz CT molecular complexity index is 625. The Morgan fingerprint density at radius 2 is 1.83 bits per heavy atom. The molecule has 12 heteroatoms. The molecule has 1 heterocycles. The van der Waals surface area contributed by atoms with Gasteiger partial charge < -0.3 is 32.1 Å². The Hall–Kier alpha value is -2.34. The highest BCUT2D eigenvalue weighted by atomic mass is 32.2. The van der Waals surface area contributed by atoms with Crippen LogP contribution in [0.2, 0.25) is 0 Å². The summed E-state index contributed by atoms with van der Waals surface area (Å²) < 4.78 is 0. The molecule has 0 radical (unpaired) electrons. The van der Waals surface area contributed by atoms with Gasteiger partial charge in [-0.2, -0.15) is 11.8 Å². The molecule has 0 aliphatic carbocycles. The summed E-state index contributed by atoms with van der Waals surface area (Å²) in [5, 5.41) is 19.5. The molecule has 0 aromatic carbocycles. The summed E-state index contributed by atoms with van der Waals surface area (Å²) in [6, 6.07) is -3.73. The van der Waals surface area contributed by atoms with Crippen LogP contribution in [-0.4, -0.2) is 77.4 Å². The second-order valence-corrected chi connectivity index (χ2v) is 7.78. The Labute approximate surface area is 173 Å². The minimum absolute atomic E-state index is 0.270. The largest absolute Gasteiger partial charge is 0.480 e. The van der Waals surface area contributed by atoms with E-state index in [0.29, 0.717) is 18.6 Å². The highest BCUT2D eigenvalue weighted by molar-refractivity contribution is 7.98. The zero-order valence-corrected chi connectivity index (χ0v) is 17.3. The van der Waals surface area contributed by atoms with E-state index in [2.05, 4.69) is 21.3 Å². The third-order valence-corrected chi connectivity index (χ3v) is 5.04. The molecule has 0 saturated carbocycles. The summed E-state index contributed by atoms with van der Waals surface area (Å²) in [6.07, 6.45) is 3.25. The van der Waals surface area contributed by atoms with E-state index in [1.54, 1.807) is 0 Å². The van der Waals surface area contributed by atoms with Gasteiger partial charge in [0.15, 0.2) is 0 Å². The highest BCUT2D eigenvalue weighted by Crippen LogP contribution is 2.07. The monoisotopic (exact) mass is 431 g/mol. The SMILES string of the molecule is CSCCC(NC(=O)C1CCCN1)C(=O)NC(C)C(=O)NC(CC(N)=O)C(=O)O. The summed E-state index contributed by atoms with van der Waals surface area (Å²) in [5.41, 5.74) is 4.98. The second-order valence-electron chi connectivity index (χ2n) is 6.79. The van der Waals surface area contributed by atoms with E-state index < -0.39 is 48.2 Å². The van der Waals surface area contributed by atoms with Crippen LogP contribution in [0, 0.1) is 0 Å². The molecule has 0 spiro atoms. The van der Waals surface area contributed by atoms with Gasteiger partial charge in [0.25, 0.3) is 0 Å². The number of nitrogens with one attached hydrogen (secondary N) is 4. The van der Waals surface area contributed by atoms with Crippen LogP contribution in [0.25, 0.3) is 0 Å². The minimum atomic E-state index is -1.49. The third-order valence-electron chi connectivity index (χ3n) is 4.39. The van der Waals surface area contributed by atoms with Crippen molar-refractivity contribution in [2.24, 2.45) is 5.73 Å². The maximum atomic E-state index is 12.6. The van der Waals surface area contributed by atoms with E-state index in [0.717, 1.165) is 13.0 Å². The van der Waals surface area contributed by atoms with Crippen molar-refractivity contribution in [3.63, 3.8) is 0 Å². The standard InChI is InChI=1S/C17H29N5O6S/c1-9(14(24)22-12(17(27)28)8-13(18)23)20-16(26)11(5-7-29-2)21-15(25)10-4-3-6-19-10/h9-12,19H,3-8H2,1-2H3,(H2,18,23)(H,20,26)(H,21,25)(H,22,24)(H,27,28). The molecule has 4 unspecified atom stereocenters. The topological polar surface area (TPSA) is 180 Å². The maximum absolute atomic E-state index is 12.6. The molecule has 0 bridgehead atoms. The van der Waals surface area contributed by atoms with Gasteiger partial charge in [0.2, 0.25) is 23.6 Å². The molecule has 7 N–H and O–H groups in total. The van der Waals surface area contributed by atoms with Crippen LogP contribution in [0.3, 0.4) is 0 Å². The fraction of sp³-hybridized carbons (Fsp3) is 0.706. The third kappa shape index (κ3) is 8.69. The summed E-state index contributed by atoms with van der Waals surface area (Å²) in [7, 11) is 0. The normalized spacial score (nSPS) is 18.9. The lowest BCUT2D eigenvalue weighted by atomic mass is 10.1. The van der Waals surface area contributed by atoms with Gasteiger partial charge in [-0.05, 0) is 44.7 Å². The van der Waals surface area contributed by atoms with Crippen LogP contribution in [0.1, 0.15) is 32.6 Å². The number of aliphatic carboxylic acids is 1. The van der Waals surface area contributed by atoms with Crippen molar-refractivity contribution < 1.29 is 29.1 Å². The van der Waals surface area contributed by atoms with Crippen molar-refractivity contribution in [3.05, 3.63) is 0 Å². The van der Waals surface area contributed by atoms with Crippen LogP contribution in [0.5, 0.6) is 0 Å². The van der Waals surface area contributed by atoms with E-state index >= 15 is 0 Å². The van der Waals surface area contributed by atoms with Crippen LogP contribution >= 0.6 is 11.8 Å². The van der Waals surface area contributed by atoms with Crippen molar-refractivity contribution in [2.75, 3.05) is 18.6 Å². The zero-order chi connectivity index (χ0) is 22.0. The molecule has 29 heavy (non-hydrogen) atoms. The Balaban J connectivity index is 2.67. The summed E-state index contributed by atoms with van der Waals surface area (Å²) >= 11 is 1.51. The van der Waals surface area contributed by atoms with Gasteiger partial charge in [0, 0.05) is 0 Å². The smallest absolute Gasteiger partial charge is 0.326 e. The molecule has 4 atom stereocenters. The number of carbonyl (C=O) groups is 5. The molecule has 11 nitrogen and oxygen atoms in total. The average Bonchev–Trinajstić information content (AvgIpc) is 3.18. The minimum Gasteiger partial charge on any atom is -0.480 e. The molecule has 1 aliphatic heterocycles. The van der Waals surface area contributed by atoms with Gasteiger partial charge in [-0.1, -0.05) is 0 Å². The van der Waals surface area contributed by atoms with Crippen LogP contribution < -0.4 is 27.0 Å². The van der Waals surface area contributed by atoms with Gasteiger partial charge in [0.05, 0.1) is 12.5 Å². The number of amides is 4. The van der Waals surface area contributed by atoms with E-state index in [-0.39, 0.29) is 11.9 Å². The Morgan fingerprint density at radius 1 is 1.14 bits per heavy atom. The fourth-order valence-electron chi connectivity index (χ4n) is 2.76. The number of hydrogen-bond donors (Lipinski definition) is 6. The first-order chi connectivity index (χ1) is 13.6. The Morgan fingerprint density at radius 3 is 2.34 bits per heavy atom. The average molecular weight is 432 g/mol.